The van der Waals surface area contributed by atoms with Crippen molar-refractivity contribution < 1.29 is 9.90 Å². The first-order valence-electron chi connectivity index (χ1n) is 6.34. The van der Waals surface area contributed by atoms with Crippen molar-refractivity contribution in [3.8, 4) is 0 Å². The standard InChI is InChI=1S/C14H19N3O2/c1-10-15-12-7-4-6-11(14(18)19)13(12)17(10)9-5-8-16(2)3/h4,6-7H,5,8-9H2,1-3H3,(H,18,19). The number of hydrogen-bond donors (Lipinski definition) is 1. The molecule has 0 bridgehead atoms. The van der Waals surface area contributed by atoms with Gasteiger partial charge in [0, 0.05) is 6.54 Å². The lowest BCUT2D eigenvalue weighted by molar-refractivity contribution is 0.0698. The number of carboxylic acid groups (broad SMARTS) is 1. The van der Waals surface area contributed by atoms with Crippen LogP contribution in [-0.4, -0.2) is 46.2 Å². The average molecular weight is 261 g/mol. The molecule has 19 heavy (non-hydrogen) atoms. The molecule has 0 spiro atoms. The number of fused-ring (bicyclic) bond motifs is 1. The van der Waals surface area contributed by atoms with E-state index in [9.17, 15) is 9.90 Å². The van der Waals surface area contributed by atoms with E-state index in [0.29, 0.717) is 5.56 Å². The van der Waals surface area contributed by atoms with Crippen LogP contribution in [0.4, 0.5) is 0 Å². The van der Waals surface area contributed by atoms with Crippen LogP contribution in [0.15, 0.2) is 18.2 Å². The van der Waals surface area contributed by atoms with Crippen LogP contribution in [0.3, 0.4) is 0 Å². The summed E-state index contributed by atoms with van der Waals surface area (Å²) in [6.07, 6.45) is 0.966. The van der Waals surface area contributed by atoms with Gasteiger partial charge >= 0.3 is 5.97 Å². The Hall–Kier alpha value is -1.88. The number of aromatic nitrogens is 2. The number of carbonyl (C=O) groups is 1. The molecule has 1 aromatic heterocycles. The normalized spacial score (nSPS) is 11.4. The van der Waals surface area contributed by atoms with Gasteiger partial charge in [-0.05, 0) is 46.1 Å². The second-order valence-electron chi connectivity index (χ2n) is 4.95. The van der Waals surface area contributed by atoms with Crippen molar-refractivity contribution in [1.82, 2.24) is 14.5 Å². The summed E-state index contributed by atoms with van der Waals surface area (Å²) >= 11 is 0. The molecule has 1 heterocycles. The summed E-state index contributed by atoms with van der Waals surface area (Å²) in [5.74, 6) is -0.0400. The van der Waals surface area contributed by atoms with Gasteiger partial charge in [0.25, 0.3) is 0 Å². The third-order valence-corrected chi connectivity index (χ3v) is 3.17. The van der Waals surface area contributed by atoms with Crippen LogP contribution in [-0.2, 0) is 6.54 Å². The highest BCUT2D eigenvalue weighted by molar-refractivity contribution is 6.01. The van der Waals surface area contributed by atoms with Crippen LogP contribution >= 0.6 is 0 Å². The highest BCUT2D eigenvalue weighted by Gasteiger charge is 2.15. The van der Waals surface area contributed by atoms with Crippen molar-refractivity contribution in [2.24, 2.45) is 0 Å². The predicted octanol–water partition coefficient (Wildman–Crippen LogP) is 1.99. The minimum absolute atomic E-state index is 0.322. The first kappa shape index (κ1) is 13.5. The second kappa shape index (κ2) is 5.40. The topological polar surface area (TPSA) is 58.4 Å². The zero-order valence-corrected chi connectivity index (χ0v) is 11.6. The van der Waals surface area contributed by atoms with Gasteiger partial charge in [0.2, 0.25) is 0 Å². The number of aryl methyl sites for hydroxylation is 2. The summed E-state index contributed by atoms with van der Waals surface area (Å²) in [4.78, 5) is 17.9. The fourth-order valence-corrected chi connectivity index (χ4v) is 2.29. The molecule has 0 saturated heterocycles. The van der Waals surface area contributed by atoms with Gasteiger partial charge in [-0.25, -0.2) is 9.78 Å². The Morgan fingerprint density at radius 2 is 2.16 bits per heavy atom. The second-order valence-corrected chi connectivity index (χ2v) is 4.95. The molecule has 5 heteroatoms. The van der Waals surface area contributed by atoms with Crippen LogP contribution < -0.4 is 0 Å². The van der Waals surface area contributed by atoms with Gasteiger partial charge in [-0.3, -0.25) is 0 Å². The molecular formula is C14H19N3O2. The summed E-state index contributed by atoms with van der Waals surface area (Å²) in [5, 5.41) is 9.28. The van der Waals surface area contributed by atoms with Crippen molar-refractivity contribution in [3.63, 3.8) is 0 Å². The Kier molecular flexibility index (Phi) is 3.85. The van der Waals surface area contributed by atoms with Crippen molar-refractivity contribution in [2.75, 3.05) is 20.6 Å². The SMILES string of the molecule is Cc1nc2cccc(C(=O)O)c2n1CCCN(C)C. The zero-order chi connectivity index (χ0) is 14.0. The highest BCUT2D eigenvalue weighted by atomic mass is 16.4. The van der Waals surface area contributed by atoms with E-state index in [0.717, 1.165) is 36.4 Å². The first-order valence-corrected chi connectivity index (χ1v) is 6.34. The smallest absolute Gasteiger partial charge is 0.337 e. The van der Waals surface area contributed by atoms with Gasteiger partial charge in [-0.1, -0.05) is 6.07 Å². The largest absolute Gasteiger partial charge is 0.478 e. The summed E-state index contributed by atoms with van der Waals surface area (Å²) in [6.45, 7) is 3.67. The third-order valence-electron chi connectivity index (χ3n) is 3.17. The molecule has 0 aliphatic rings. The number of hydrogen-bond acceptors (Lipinski definition) is 3. The van der Waals surface area contributed by atoms with Crippen molar-refractivity contribution in [2.45, 2.75) is 19.9 Å². The lowest BCUT2D eigenvalue weighted by Gasteiger charge is -2.12. The van der Waals surface area contributed by atoms with Gasteiger partial charge in [-0.15, -0.1) is 0 Å². The van der Waals surface area contributed by atoms with E-state index in [1.165, 1.54) is 0 Å². The molecule has 0 aliphatic carbocycles. The summed E-state index contributed by atoms with van der Waals surface area (Å²) in [6, 6.07) is 5.23. The maximum absolute atomic E-state index is 11.3. The number of carboxylic acids is 1. The molecule has 0 fully saturated rings. The van der Waals surface area contributed by atoms with Gasteiger partial charge in [0.15, 0.2) is 0 Å². The molecule has 102 valence electrons. The predicted molar refractivity (Wildman–Crippen MR) is 74.6 cm³/mol. The van der Waals surface area contributed by atoms with Gasteiger partial charge in [0.1, 0.15) is 5.82 Å². The summed E-state index contributed by atoms with van der Waals surface area (Å²) in [7, 11) is 4.06. The highest BCUT2D eigenvalue weighted by Crippen LogP contribution is 2.21. The van der Waals surface area contributed by atoms with E-state index in [-0.39, 0.29) is 0 Å². The van der Waals surface area contributed by atoms with Crippen molar-refractivity contribution in [3.05, 3.63) is 29.6 Å². The molecule has 0 aliphatic heterocycles. The van der Waals surface area contributed by atoms with E-state index >= 15 is 0 Å². The number of imidazole rings is 1. The van der Waals surface area contributed by atoms with Crippen LogP contribution in [0.5, 0.6) is 0 Å². The maximum atomic E-state index is 11.3. The van der Waals surface area contributed by atoms with Crippen molar-refractivity contribution >= 4 is 17.0 Å². The molecule has 1 aromatic carbocycles. The third kappa shape index (κ3) is 2.76. The number of nitrogens with zero attached hydrogens (tertiary/aromatic N) is 3. The quantitative estimate of drug-likeness (QED) is 0.894. The lowest BCUT2D eigenvalue weighted by Crippen LogP contribution is -2.15. The van der Waals surface area contributed by atoms with Gasteiger partial charge in [-0.2, -0.15) is 0 Å². The Morgan fingerprint density at radius 1 is 1.42 bits per heavy atom. The minimum atomic E-state index is -0.903. The first-order chi connectivity index (χ1) is 9.00. The van der Waals surface area contributed by atoms with E-state index in [1.54, 1.807) is 12.1 Å². The molecule has 0 radical (unpaired) electrons. The van der Waals surface area contributed by atoms with Crippen LogP contribution in [0, 0.1) is 6.92 Å². The van der Waals surface area contributed by atoms with Crippen molar-refractivity contribution in [1.29, 1.82) is 0 Å². The van der Waals surface area contributed by atoms with Crippen LogP contribution in [0.1, 0.15) is 22.6 Å². The van der Waals surface area contributed by atoms with Crippen LogP contribution in [0.2, 0.25) is 0 Å². The molecule has 2 aromatic rings. The van der Waals surface area contributed by atoms with E-state index in [4.69, 9.17) is 0 Å². The number of para-hydroxylation sites is 1. The lowest BCUT2D eigenvalue weighted by atomic mass is 10.2. The monoisotopic (exact) mass is 261 g/mol. The Balaban J connectivity index is 2.41. The Labute approximate surface area is 112 Å². The zero-order valence-electron chi connectivity index (χ0n) is 11.6. The van der Waals surface area contributed by atoms with E-state index in [1.807, 2.05) is 31.7 Å². The molecule has 0 amide bonds. The average Bonchev–Trinajstić information content (AvgIpc) is 2.65. The molecule has 0 saturated carbocycles. The number of rotatable bonds is 5. The Morgan fingerprint density at radius 3 is 2.79 bits per heavy atom. The molecule has 1 N–H and O–H groups in total. The maximum Gasteiger partial charge on any atom is 0.337 e. The van der Waals surface area contributed by atoms with E-state index in [2.05, 4.69) is 9.88 Å². The molecule has 2 rings (SSSR count). The van der Waals surface area contributed by atoms with Crippen LogP contribution in [0.25, 0.3) is 11.0 Å². The van der Waals surface area contributed by atoms with Gasteiger partial charge < -0.3 is 14.6 Å². The fraction of sp³-hybridized carbons (Fsp3) is 0.429. The minimum Gasteiger partial charge on any atom is -0.478 e. The molecular weight excluding hydrogens is 242 g/mol. The number of benzene rings is 1. The molecule has 0 atom stereocenters. The Bertz CT molecular complexity index is 602. The molecule has 0 unspecified atom stereocenters. The van der Waals surface area contributed by atoms with E-state index < -0.39 is 5.97 Å². The van der Waals surface area contributed by atoms with Gasteiger partial charge in [0.05, 0.1) is 16.6 Å². The summed E-state index contributed by atoms with van der Waals surface area (Å²) < 4.78 is 2.00. The number of aromatic carboxylic acids is 1. The fourth-order valence-electron chi connectivity index (χ4n) is 2.29. The summed E-state index contributed by atoms with van der Waals surface area (Å²) in [5.41, 5.74) is 1.80. The molecule has 5 nitrogen and oxygen atoms in total.